The van der Waals surface area contributed by atoms with E-state index in [0.717, 1.165) is 12.8 Å². The van der Waals surface area contributed by atoms with Gasteiger partial charge in [-0.05, 0) is 44.0 Å². The summed E-state index contributed by atoms with van der Waals surface area (Å²) in [5, 5.41) is 0. The molecule has 0 radical (unpaired) electrons. The van der Waals surface area contributed by atoms with Crippen molar-refractivity contribution in [3.05, 3.63) is 24.3 Å². The average molecular weight is 255 g/mol. The molecule has 0 aromatic heterocycles. The summed E-state index contributed by atoms with van der Waals surface area (Å²) in [6, 6.07) is 6.76. The largest absolute Gasteiger partial charge is 0.494 e. The van der Waals surface area contributed by atoms with E-state index in [1.807, 2.05) is 6.92 Å². The zero-order valence-corrected chi connectivity index (χ0v) is 10.9. The van der Waals surface area contributed by atoms with E-state index in [0.29, 0.717) is 17.3 Å². The summed E-state index contributed by atoms with van der Waals surface area (Å²) in [6.07, 6.45) is 1.93. The van der Waals surface area contributed by atoms with Gasteiger partial charge in [-0.1, -0.05) is 0 Å². The number of sulfonamides is 1. The first-order chi connectivity index (χ1) is 8.05. The normalized spacial score (nSPS) is 16.2. The molecule has 1 fully saturated rings. The molecule has 0 spiro atoms. The minimum Gasteiger partial charge on any atom is -0.494 e. The Morgan fingerprint density at radius 3 is 2.35 bits per heavy atom. The molecule has 0 unspecified atom stereocenters. The first-order valence-corrected chi connectivity index (χ1v) is 7.20. The molecule has 1 aromatic rings. The summed E-state index contributed by atoms with van der Waals surface area (Å²) in [5.41, 5.74) is 0. The van der Waals surface area contributed by atoms with Crippen molar-refractivity contribution in [2.75, 3.05) is 13.7 Å². The fourth-order valence-electron chi connectivity index (χ4n) is 1.68. The molecule has 0 heterocycles. The third kappa shape index (κ3) is 2.61. The van der Waals surface area contributed by atoms with Crippen LogP contribution in [0.3, 0.4) is 0 Å². The maximum Gasteiger partial charge on any atom is 0.243 e. The standard InChI is InChI=1S/C12H17NO3S/c1-3-16-11-6-8-12(9-7-11)17(14,15)13(2)10-4-5-10/h6-10H,3-5H2,1-2H3. The van der Waals surface area contributed by atoms with E-state index < -0.39 is 10.0 Å². The molecule has 94 valence electrons. The predicted molar refractivity (Wildman–Crippen MR) is 65.6 cm³/mol. The summed E-state index contributed by atoms with van der Waals surface area (Å²) in [5.74, 6) is 0.695. The molecule has 0 N–H and O–H groups in total. The molecule has 17 heavy (non-hydrogen) atoms. The molecule has 5 heteroatoms. The van der Waals surface area contributed by atoms with E-state index in [-0.39, 0.29) is 6.04 Å². The highest BCUT2D eigenvalue weighted by Gasteiger charge is 2.34. The number of nitrogens with zero attached hydrogens (tertiary/aromatic N) is 1. The van der Waals surface area contributed by atoms with Gasteiger partial charge in [-0.15, -0.1) is 0 Å². The Bertz CT molecular complexity index is 477. The number of hydrogen-bond donors (Lipinski definition) is 0. The lowest BCUT2D eigenvalue weighted by Gasteiger charge is -2.16. The monoisotopic (exact) mass is 255 g/mol. The maximum atomic E-state index is 12.2. The van der Waals surface area contributed by atoms with Crippen LogP contribution < -0.4 is 4.74 Å². The van der Waals surface area contributed by atoms with Crippen LogP contribution >= 0.6 is 0 Å². The highest BCUT2D eigenvalue weighted by atomic mass is 32.2. The second kappa shape index (κ2) is 4.66. The van der Waals surface area contributed by atoms with Gasteiger partial charge in [0.25, 0.3) is 0 Å². The molecule has 1 aromatic carbocycles. The van der Waals surface area contributed by atoms with E-state index in [1.54, 1.807) is 31.3 Å². The molecule has 4 nitrogen and oxygen atoms in total. The predicted octanol–water partition coefficient (Wildman–Crippen LogP) is 1.87. The van der Waals surface area contributed by atoms with Crippen LogP contribution in [0.25, 0.3) is 0 Å². The molecule has 2 rings (SSSR count). The number of hydrogen-bond acceptors (Lipinski definition) is 3. The van der Waals surface area contributed by atoms with E-state index in [4.69, 9.17) is 4.74 Å². The quantitative estimate of drug-likeness (QED) is 0.807. The van der Waals surface area contributed by atoms with Crippen molar-refractivity contribution >= 4 is 10.0 Å². The fourth-order valence-corrected chi connectivity index (χ4v) is 3.09. The maximum absolute atomic E-state index is 12.2. The summed E-state index contributed by atoms with van der Waals surface area (Å²) >= 11 is 0. The van der Waals surface area contributed by atoms with Crippen LogP contribution in [0.4, 0.5) is 0 Å². The third-order valence-corrected chi connectivity index (χ3v) is 4.80. The lowest BCUT2D eigenvalue weighted by Crippen LogP contribution is -2.28. The Kier molecular flexibility index (Phi) is 3.40. The average Bonchev–Trinajstić information content (AvgIpc) is 3.13. The number of benzene rings is 1. The van der Waals surface area contributed by atoms with Crippen molar-refractivity contribution in [2.45, 2.75) is 30.7 Å². The molecule has 0 saturated heterocycles. The van der Waals surface area contributed by atoms with Gasteiger partial charge in [-0.2, -0.15) is 4.31 Å². The van der Waals surface area contributed by atoms with E-state index in [2.05, 4.69) is 0 Å². The third-order valence-electron chi connectivity index (χ3n) is 2.87. The molecule has 0 atom stereocenters. The summed E-state index contributed by atoms with van der Waals surface area (Å²) in [4.78, 5) is 0.329. The Balaban J connectivity index is 2.20. The summed E-state index contributed by atoms with van der Waals surface area (Å²) < 4.78 is 31.1. The van der Waals surface area contributed by atoms with Gasteiger partial charge in [0.05, 0.1) is 11.5 Å². The fraction of sp³-hybridized carbons (Fsp3) is 0.500. The Labute approximate surface area is 102 Å². The van der Waals surface area contributed by atoms with Crippen molar-refractivity contribution in [2.24, 2.45) is 0 Å². The number of ether oxygens (including phenoxy) is 1. The highest BCUT2D eigenvalue weighted by molar-refractivity contribution is 7.89. The summed E-state index contributed by atoms with van der Waals surface area (Å²) in [7, 11) is -1.69. The Morgan fingerprint density at radius 1 is 1.29 bits per heavy atom. The van der Waals surface area contributed by atoms with Gasteiger partial charge in [0.1, 0.15) is 5.75 Å². The zero-order valence-electron chi connectivity index (χ0n) is 10.1. The molecule has 0 aliphatic heterocycles. The zero-order chi connectivity index (χ0) is 12.5. The minimum atomic E-state index is -3.33. The molecule has 1 saturated carbocycles. The van der Waals surface area contributed by atoms with E-state index >= 15 is 0 Å². The lowest BCUT2D eigenvalue weighted by molar-refractivity contribution is 0.340. The molecular weight excluding hydrogens is 238 g/mol. The van der Waals surface area contributed by atoms with Crippen LogP contribution in [0, 0.1) is 0 Å². The van der Waals surface area contributed by atoms with Gasteiger partial charge >= 0.3 is 0 Å². The van der Waals surface area contributed by atoms with Crippen LogP contribution in [0.5, 0.6) is 5.75 Å². The molecular formula is C12H17NO3S. The lowest BCUT2D eigenvalue weighted by atomic mass is 10.3. The second-order valence-electron chi connectivity index (χ2n) is 4.16. The van der Waals surface area contributed by atoms with Crippen molar-refractivity contribution in [1.82, 2.24) is 4.31 Å². The van der Waals surface area contributed by atoms with Crippen molar-refractivity contribution in [3.8, 4) is 5.75 Å². The smallest absolute Gasteiger partial charge is 0.243 e. The molecule has 1 aliphatic carbocycles. The van der Waals surface area contributed by atoms with Gasteiger partial charge in [-0.25, -0.2) is 8.42 Å². The van der Waals surface area contributed by atoms with Crippen molar-refractivity contribution in [1.29, 1.82) is 0 Å². The number of rotatable bonds is 5. The molecule has 0 amide bonds. The molecule has 0 bridgehead atoms. The van der Waals surface area contributed by atoms with Gasteiger partial charge in [0.2, 0.25) is 10.0 Å². The first kappa shape index (κ1) is 12.4. The van der Waals surface area contributed by atoms with Crippen LogP contribution in [-0.2, 0) is 10.0 Å². The van der Waals surface area contributed by atoms with Crippen LogP contribution in [-0.4, -0.2) is 32.4 Å². The van der Waals surface area contributed by atoms with E-state index in [1.165, 1.54) is 4.31 Å². The van der Waals surface area contributed by atoms with Crippen molar-refractivity contribution in [3.63, 3.8) is 0 Å². The van der Waals surface area contributed by atoms with Gasteiger partial charge in [-0.3, -0.25) is 0 Å². The van der Waals surface area contributed by atoms with Crippen LogP contribution in [0.2, 0.25) is 0 Å². The van der Waals surface area contributed by atoms with Crippen molar-refractivity contribution < 1.29 is 13.2 Å². The van der Waals surface area contributed by atoms with Gasteiger partial charge in [0, 0.05) is 13.1 Å². The SMILES string of the molecule is CCOc1ccc(S(=O)(=O)N(C)C2CC2)cc1. The second-order valence-corrected chi connectivity index (χ2v) is 6.15. The summed E-state index contributed by atoms with van der Waals surface area (Å²) in [6.45, 7) is 2.47. The Hall–Kier alpha value is -1.07. The highest BCUT2D eigenvalue weighted by Crippen LogP contribution is 2.30. The van der Waals surface area contributed by atoms with Gasteiger partial charge in [0.15, 0.2) is 0 Å². The first-order valence-electron chi connectivity index (χ1n) is 5.76. The van der Waals surface area contributed by atoms with Crippen LogP contribution in [0.15, 0.2) is 29.2 Å². The Morgan fingerprint density at radius 2 is 1.88 bits per heavy atom. The van der Waals surface area contributed by atoms with Gasteiger partial charge < -0.3 is 4.74 Å². The van der Waals surface area contributed by atoms with E-state index in [9.17, 15) is 8.42 Å². The van der Waals surface area contributed by atoms with Crippen LogP contribution in [0.1, 0.15) is 19.8 Å². The molecule has 1 aliphatic rings. The topological polar surface area (TPSA) is 46.6 Å². The minimum absolute atomic E-state index is 0.187.